The van der Waals surface area contributed by atoms with Crippen molar-refractivity contribution >= 4 is 23.8 Å². The van der Waals surface area contributed by atoms with Gasteiger partial charge in [-0.2, -0.15) is 13.2 Å². The number of carbonyl (C=O) groups is 1. The summed E-state index contributed by atoms with van der Waals surface area (Å²) in [7, 11) is 0.777. The third-order valence-electron chi connectivity index (χ3n) is 3.91. The predicted molar refractivity (Wildman–Crippen MR) is 97.6 cm³/mol. The van der Waals surface area contributed by atoms with Crippen LogP contribution in [0.25, 0.3) is 5.69 Å². The van der Waals surface area contributed by atoms with Crippen molar-refractivity contribution in [2.75, 3.05) is 0 Å². The van der Waals surface area contributed by atoms with E-state index in [0.29, 0.717) is 6.07 Å². The quantitative estimate of drug-likeness (QED) is 0.427. The van der Waals surface area contributed by atoms with E-state index in [1.54, 1.807) is 0 Å². The summed E-state index contributed by atoms with van der Waals surface area (Å²) in [5.74, 6) is -2.49. The number of aliphatic carboxylic acids is 1. The first-order valence-electron chi connectivity index (χ1n) is 8.01. The molecule has 0 unspecified atom stereocenters. The number of aromatic nitrogens is 2. The molecule has 0 radical (unpaired) electrons. The molecule has 8 nitrogen and oxygen atoms in total. The first-order chi connectivity index (χ1) is 13.7. The second-order valence-electron chi connectivity index (χ2n) is 6.51. The highest BCUT2D eigenvalue weighted by Gasteiger charge is 2.35. The largest absolute Gasteiger partial charge is 0.478 e. The molecule has 162 valence electrons. The standard InChI is InChI=1S/C17H14ClF4N3O5/c1-16(2,14(27)28)30-23-7-8-4-11(10(19)5-9(8)18)25-13(26)6-12(17(20,21)22)24(3)15(25)29/h4-7H,1-3H3,(H,27,28)/b23-7+. The molecule has 1 N–H and O–H groups in total. The minimum absolute atomic E-state index is 0.0943. The molecule has 0 saturated heterocycles. The third kappa shape index (κ3) is 4.53. The smallest absolute Gasteiger partial charge is 0.431 e. The van der Waals surface area contributed by atoms with Crippen molar-refractivity contribution in [1.82, 2.24) is 9.13 Å². The average Bonchev–Trinajstić information content (AvgIpc) is 2.60. The van der Waals surface area contributed by atoms with Gasteiger partial charge < -0.3 is 9.94 Å². The zero-order chi connectivity index (χ0) is 23.0. The number of nitrogens with zero attached hydrogens (tertiary/aromatic N) is 3. The fraction of sp³-hybridized carbons (Fsp3) is 0.294. The van der Waals surface area contributed by atoms with Crippen LogP contribution in [-0.2, 0) is 22.9 Å². The van der Waals surface area contributed by atoms with Crippen LogP contribution in [0.5, 0.6) is 0 Å². The van der Waals surface area contributed by atoms with Crippen molar-refractivity contribution in [3.63, 3.8) is 0 Å². The fourth-order valence-electron chi connectivity index (χ4n) is 2.20. The normalized spacial score (nSPS) is 12.4. The van der Waals surface area contributed by atoms with Gasteiger partial charge in [-0.15, -0.1) is 0 Å². The molecule has 0 saturated carbocycles. The van der Waals surface area contributed by atoms with Gasteiger partial charge in [0.25, 0.3) is 5.56 Å². The summed E-state index contributed by atoms with van der Waals surface area (Å²) in [6, 6.07) is 1.75. The van der Waals surface area contributed by atoms with E-state index in [4.69, 9.17) is 21.5 Å². The maximum absolute atomic E-state index is 14.4. The van der Waals surface area contributed by atoms with Crippen molar-refractivity contribution in [3.05, 3.63) is 61.1 Å². The van der Waals surface area contributed by atoms with Crippen molar-refractivity contribution < 1.29 is 32.3 Å². The molecule has 1 aromatic heterocycles. The summed E-state index contributed by atoms with van der Waals surface area (Å²) >= 11 is 5.87. The van der Waals surface area contributed by atoms with Gasteiger partial charge >= 0.3 is 17.8 Å². The van der Waals surface area contributed by atoms with Gasteiger partial charge in [0, 0.05) is 18.7 Å². The van der Waals surface area contributed by atoms with Gasteiger partial charge in [0.15, 0.2) is 0 Å². The van der Waals surface area contributed by atoms with E-state index in [-0.39, 0.29) is 25.8 Å². The van der Waals surface area contributed by atoms with Crippen LogP contribution < -0.4 is 11.2 Å². The number of halogens is 5. The maximum Gasteiger partial charge on any atom is 0.431 e. The maximum atomic E-state index is 14.4. The van der Waals surface area contributed by atoms with Gasteiger partial charge in [0.1, 0.15) is 11.5 Å². The van der Waals surface area contributed by atoms with Crippen molar-refractivity contribution in [2.24, 2.45) is 12.2 Å². The van der Waals surface area contributed by atoms with Gasteiger partial charge in [0.05, 0.1) is 16.9 Å². The van der Waals surface area contributed by atoms with Gasteiger partial charge in [-0.25, -0.2) is 18.5 Å². The molecule has 1 heterocycles. The summed E-state index contributed by atoms with van der Waals surface area (Å²) in [6.45, 7) is 2.41. The SMILES string of the molecule is Cn1c(C(F)(F)F)cc(=O)n(-c2cc(/C=N/OC(C)(C)C(=O)O)c(Cl)cc2F)c1=O. The molecule has 0 aliphatic carbocycles. The minimum atomic E-state index is -4.98. The van der Waals surface area contributed by atoms with Crippen LogP contribution in [0.1, 0.15) is 25.1 Å². The van der Waals surface area contributed by atoms with Crippen molar-refractivity contribution in [3.8, 4) is 5.69 Å². The third-order valence-corrected chi connectivity index (χ3v) is 4.23. The molecule has 0 spiro atoms. The zero-order valence-electron chi connectivity index (χ0n) is 15.6. The molecule has 2 rings (SSSR count). The van der Waals surface area contributed by atoms with E-state index in [2.05, 4.69) is 5.16 Å². The molecule has 0 atom stereocenters. The first-order valence-corrected chi connectivity index (χ1v) is 8.39. The number of carboxylic acids is 1. The van der Waals surface area contributed by atoms with E-state index < -0.39 is 46.2 Å². The Bertz CT molecular complexity index is 1150. The monoisotopic (exact) mass is 451 g/mol. The minimum Gasteiger partial charge on any atom is -0.478 e. The average molecular weight is 452 g/mol. The Morgan fingerprint density at radius 3 is 2.37 bits per heavy atom. The lowest BCUT2D eigenvalue weighted by Gasteiger charge is -2.16. The van der Waals surface area contributed by atoms with Crippen molar-refractivity contribution in [1.29, 1.82) is 0 Å². The van der Waals surface area contributed by atoms with E-state index in [1.807, 2.05) is 0 Å². The van der Waals surface area contributed by atoms with Crippen molar-refractivity contribution in [2.45, 2.75) is 25.6 Å². The Balaban J connectivity index is 2.61. The van der Waals surface area contributed by atoms with Crippen LogP contribution in [0, 0.1) is 5.82 Å². The summed E-state index contributed by atoms with van der Waals surface area (Å²) in [5, 5.41) is 12.2. The van der Waals surface area contributed by atoms with Crippen LogP contribution in [0.4, 0.5) is 17.6 Å². The highest BCUT2D eigenvalue weighted by molar-refractivity contribution is 6.33. The first kappa shape index (κ1) is 23.1. The van der Waals surface area contributed by atoms with Crippen LogP contribution in [0.15, 0.2) is 32.9 Å². The molecular formula is C17H14ClF4N3O5. The van der Waals surface area contributed by atoms with Crippen LogP contribution in [0.2, 0.25) is 5.02 Å². The number of carboxylic acid groups (broad SMARTS) is 1. The van der Waals surface area contributed by atoms with Gasteiger partial charge in [0.2, 0.25) is 5.60 Å². The molecule has 1 aromatic carbocycles. The van der Waals surface area contributed by atoms with Crippen LogP contribution >= 0.6 is 11.6 Å². The topological polar surface area (TPSA) is 103 Å². The molecule has 0 amide bonds. The van der Waals surface area contributed by atoms with E-state index >= 15 is 0 Å². The van der Waals surface area contributed by atoms with Crippen LogP contribution in [-0.4, -0.2) is 32.0 Å². The molecule has 0 aliphatic rings. The van der Waals surface area contributed by atoms with Gasteiger partial charge in [-0.3, -0.25) is 9.36 Å². The number of alkyl halides is 3. The van der Waals surface area contributed by atoms with E-state index in [1.165, 1.54) is 13.8 Å². The lowest BCUT2D eigenvalue weighted by Crippen LogP contribution is -2.41. The molecule has 0 bridgehead atoms. The summed E-state index contributed by atoms with van der Waals surface area (Å²) in [5.41, 5.74) is -6.85. The second kappa shape index (κ2) is 7.94. The molecule has 13 heteroatoms. The summed E-state index contributed by atoms with van der Waals surface area (Å²) in [6.07, 6.45) is -4.08. The van der Waals surface area contributed by atoms with Gasteiger partial charge in [-0.05, 0) is 26.0 Å². The lowest BCUT2D eigenvalue weighted by molar-refractivity contribution is -0.161. The number of benzene rings is 1. The van der Waals surface area contributed by atoms with Crippen LogP contribution in [0.3, 0.4) is 0 Å². The number of hydrogen-bond donors (Lipinski definition) is 1. The summed E-state index contributed by atoms with van der Waals surface area (Å²) < 4.78 is 53.6. The van der Waals surface area contributed by atoms with E-state index in [9.17, 15) is 31.9 Å². The van der Waals surface area contributed by atoms with E-state index in [0.717, 1.165) is 19.3 Å². The Kier molecular flexibility index (Phi) is 6.12. The molecular weight excluding hydrogens is 438 g/mol. The Labute approximate surface area is 170 Å². The number of oxime groups is 1. The number of hydrogen-bond acceptors (Lipinski definition) is 5. The lowest BCUT2D eigenvalue weighted by atomic mass is 10.1. The molecule has 30 heavy (non-hydrogen) atoms. The molecule has 0 aliphatic heterocycles. The zero-order valence-corrected chi connectivity index (χ0v) is 16.4. The fourth-order valence-corrected chi connectivity index (χ4v) is 2.40. The number of rotatable bonds is 5. The summed E-state index contributed by atoms with van der Waals surface area (Å²) in [4.78, 5) is 40.3. The highest BCUT2D eigenvalue weighted by atomic mass is 35.5. The Morgan fingerprint density at radius 2 is 1.83 bits per heavy atom. The molecule has 0 fully saturated rings. The Hall–Kier alpha value is -3.15. The highest BCUT2D eigenvalue weighted by Crippen LogP contribution is 2.27. The predicted octanol–water partition coefficient (Wildman–Crippen LogP) is 2.56. The second-order valence-corrected chi connectivity index (χ2v) is 6.92. The Morgan fingerprint density at radius 1 is 1.23 bits per heavy atom. The molecule has 2 aromatic rings. The van der Waals surface area contributed by atoms with Gasteiger partial charge in [-0.1, -0.05) is 16.8 Å².